The molecule has 2 aromatic rings. The monoisotopic (exact) mass is 478 g/mol. The number of hydrogen-bond donors (Lipinski definition) is 0. The zero-order chi connectivity index (χ0) is 23.1. The SMILES string of the molecule is COc1ccc(CCN(C)CCCN2CCc3cc(OC)c(OC)cc3C2=O)cc1OC.Cl. The van der Waals surface area contributed by atoms with Gasteiger partial charge in [0.25, 0.3) is 5.91 Å². The van der Waals surface area contributed by atoms with E-state index < -0.39 is 0 Å². The van der Waals surface area contributed by atoms with Gasteiger partial charge in [0.05, 0.1) is 28.4 Å². The van der Waals surface area contributed by atoms with Crippen molar-refractivity contribution in [3.8, 4) is 23.0 Å². The molecule has 0 saturated heterocycles. The van der Waals surface area contributed by atoms with E-state index in [1.54, 1.807) is 34.5 Å². The van der Waals surface area contributed by atoms with E-state index in [1.165, 1.54) is 5.56 Å². The molecule has 0 unspecified atom stereocenters. The molecule has 8 heteroatoms. The van der Waals surface area contributed by atoms with Gasteiger partial charge in [-0.05, 0) is 68.2 Å². The van der Waals surface area contributed by atoms with E-state index in [0.717, 1.165) is 68.1 Å². The van der Waals surface area contributed by atoms with Crippen LogP contribution in [0.1, 0.15) is 27.9 Å². The van der Waals surface area contributed by atoms with Crippen LogP contribution in [0.4, 0.5) is 0 Å². The summed E-state index contributed by atoms with van der Waals surface area (Å²) in [5, 5.41) is 0. The summed E-state index contributed by atoms with van der Waals surface area (Å²) in [7, 11) is 8.62. The quantitative estimate of drug-likeness (QED) is 0.490. The third kappa shape index (κ3) is 6.45. The van der Waals surface area contributed by atoms with E-state index in [-0.39, 0.29) is 18.3 Å². The molecular formula is C25H35ClN2O5. The number of amides is 1. The maximum Gasteiger partial charge on any atom is 0.254 e. The first-order valence-electron chi connectivity index (χ1n) is 10.9. The molecule has 0 fully saturated rings. The Bertz CT molecular complexity index is 937. The molecule has 3 rings (SSSR count). The van der Waals surface area contributed by atoms with Gasteiger partial charge >= 0.3 is 0 Å². The fraction of sp³-hybridized carbons (Fsp3) is 0.480. The highest BCUT2D eigenvalue weighted by atomic mass is 35.5. The van der Waals surface area contributed by atoms with Gasteiger partial charge in [-0.1, -0.05) is 6.07 Å². The third-order valence-corrected chi connectivity index (χ3v) is 5.98. The highest BCUT2D eigenvalue weighted by molar-refractivity contribution is 5.97. The van der Waals surface area contributed by atoms with Gasteiger partial charge in [0.2, 0.25) is 0 Å². The minimum atomic E-state index is 0. The van der Waals surface area contributed by atoms with Gasteiger partial charge in [-0.3, -0.25) is 4.79 Å². The highest BCUT2D eigenvalue weighted by Gasteiger charge is 2.26. The summed E-state index contributed by atoms with van der Waals surface area (Å²) in [6.07, 6.45) is 2.68. The van der Waals surface area contributed by atoms with Crippen molar-refractivity contribution in [1.29, 1.82) is 0 Å². The number of nitrogens with zero attached hydrogens (tertiary/aromatic N) is 2. The second-order valence-corrected chi connectivity index (χ2v) is 8.00. The first kappa shape index (κ1) is 26.6. The Morgan fingerprint density at radius 2 is 1.52 bits per heavy atom. The summed E-state index contributed by atoms with van der Waals surface area (Å²) in [5.74, 6) is 2.83. The summed E-state index contributed by atoms with van der Waals surface area (Å²) in [6.45, 7) is 3.34. The number of halogens is 1. The number of carbonyl (C=O) groups excluding carboxylic acids is 1. The second kappa shape index (κ2) is 12.6. The fourth-order valence-corrected chi connectivity index (χ4v) is 4.07. The van der Waals surface area contributed by atoms with Crippen molar-refractivity contribution in [2.24, 2.45) is 0 Å². The highest BCUT2D eigenvalue weighted by Crippen LogP contribution is 2.33. The Morgan fingerprint density at radius 1 is 0.879 bits per heavy atom. The van der Waals surface area contributed by atoms with Crippen LogP contribution in [0.3, 0.4) is 0 Å². The van der Waals surface area contributed by atoms with Crippen LogP contribution in [0.5, 0.6) is 23.0 Å². The smallest absolute Gasteiger partial charge is 0.254 e. The molecule has 1 heterocycles. The van der Waals surface area contributed by atoms with Crippen molar-refractivity contribution >= 4 is 18.3 Å². The third-order valence-electron chi connectivity index (χ3n) is 5.98. The largest absolute Gasteiger partial charge is 0.493 e. The Labute approximate surface area is 203 Å². The minimum absolute atomic E-state index is 0. The number of rotatable bonds is 11. The molecule has 1 amide bonds. The number of fused-ring (bicyclic) bond motifs is 1. The maximum absolute atomic E-state index is 13.0. The van der Waals surface area contributed by atoms with Crippen LogP contribution in [0.2, 0.25) is 0 Å². The molecule has 0 radical (unpaired) electrons. The Hall–Kier alpha value is -2.64. The van der Waals surface area contributed by atoms with Gasteiger partial charge < -0.3 is 28.7 Å². The van der Waals surface area contributed by atoms with Gasteiger partial charge in [-0.25, -0.2) is 0 Å². The molecule has 1 aliphatic rings. The molecule has 182 valence electrons. The van der Waals surface area contributed by atoms with Crippen LogP contribution < -0.4 is 18.9 Å². The number of hydrogen-bond acceptors (Lipinski definition) is 6. The van der Waals surface area contributed by atoms with Gasteiger partial charge in [0, 0.05) is 25.2 Å². The number of methoxy groups -OCH3 is 4. The topological polar surface area (TPSA) is 60.5 Å². The van der Waals surface area contributed by atoms with Crippen molar-refractivity contribution in [1.82, 2.24) is 9.80 Å². The normalized spacial score (nSPS) is 12.8. The Balaban J connectivity index is 0.00000385. The van der Waals surface area contributed by atoms with E-state index in [2.05, 4.69) is 18.0 Å². The first-order chi connectivity index (χ1) is 15.5. The number of likely N-dealkylation sites (N-methyl/N-ethyl adjacent to an activating group) is 1. The van der Waals surface area contributed by atoms with Crippen LogP contribution in [0.15, 0.2) is 30.3 Å². The van der Waals surface area contributed by atoms with E-state index in [1.807, 2.05) is 23.1 Å². The van der Waals surface area contributed by atoms with Crippen molar-refractivity contribution in [2.45, 2.75) is 19.3 Å². The Kier molecular flexibility index (Phi) is 10.1. The lowest BCUT2D eigenvalue weighted by molar-refractivity contribution is 0.0732. The van der Waals surface area contributed by atoms with E-state index in [0.29, 0.717) is 11.5 Å². The zero-order valence-corrected chi connectivity index (χ0v) is 21.0. The molecule has 0 N–H and O–H groups in total. The second-order valence-electron chi connectivity index (χ2n) is 8.00. The summed E-state index contributed by atoms with van der Waals surface area (Å²) in [4.78, 5) is 17.2. The molecule has 0 bridgehead atoms. The molecule has 1 aliphatic heterocycles. The minimum Gasteiger partial charge on any atom is -0.493 e. The molecule has 0 saturated carbocycles. The van der Waals surface area contributed by atoms with E-state index in [9.17, 15) is 4.79 Å². The van der Waals surface area contributed by atoms with Crippen LogP contribution in [0.25, 0.3) is 0 Å². The van der Waals surface area contributed by atoms with E-state index in [4.69, 9.17) is 18.9 Å². The van der Waals surface area contributed by atoms with Crippen molar-refractivity contribution in [2.75, 3.05) is 61.7 Å². The summed E-state index contributed by atoms with van der Waals surface area (Å²) in [6, 6.07) is 9.77. The average Bonchev–Trinajstić information content (AvgIpc) is 2.83. The molecule has 2 aromatic carbocycles. The van der Waals surface area contributed by atoms with Crippen molar-refractivity contribution in [3.63, 3.8) is 0 Å². The van der Waals surface area contributed by atoms with Crippen LogP contribution in [0, 0.1) is 0 Å². The van der Waals surface area contributed by atoms with E-state index >= 15 is 0 Å². The molecule has 0 aromatic heterocycles. The van der Waals surface area contributed by atoms with Crippen LogP contribution in [-0.4, -0.2) is 77.4 Å². The van der Waals surface area contributed by atoms with Gasteiger partial charge in [-0.15, -0.1) is 12.4 Å². The van der Waals surface area contributed by atoms with Gasteiger partial charge in [0.15, 0.2) is 23.0 Å². The van der Waals surface area contributed by atoms with Gasteiger partial charge in [-0.2, -0.15) is 0 Å². The predicted molar refractivity (Wildman–Crippen MR) is 132 cm³/mol. The number of benzene rings is 2. The molecule has 0 aliphatic carbocycles. The average molecular weight is 479 g/mol. The molecule has 0 atom stereocenters. The number of ether oxygens (including phenoxy) is 4. The fourth-order valence-electron chi connectivity index (χ4n) is 4.07. The Morgan fingerprint density at radius 3 is 2.18 bits per heavy atom. The number of carbonyl (C=O) groups is 1. The zero-order valence-electron chi connectivity index (χ0n) is 20.2. The van der Waals surface area contributed by atoms with Crippen molar-refractivity contribution in [3.05, 3.63) is 47.0 Å². The van der Waals surface area contributed by atoms with Crippen LogP contribution >= 0.6 is 12.4 Å². The predicted octanol–water partition coefficient (Wildman–Crippen LogP) is 3.71. The first-order valence-corrected chi connectivity index (χ1v) is 10.9. The van der Waals surface area contributed by atoms with Crippen molar-refractivity contribution < 1.29 is 23.7 Å². The maximum atomic E-state index is 13.0. The standard InChI is InChI=1S/C25H34N2O5.ClH/c1-26(13-9-18-7-8-21(29-2)22(15-18)30-3)11-6-12-27-14-10-19-16-23(31-4)24(32-5)17-20(19)25(27)28;/h7-8,15-17H,6,9-14H2,1-5H3;1H. The summed E-state index contributed by atoms with van der Waals surface area (Å²) in [5.41, 5.74) is 2.95. The molecular weight excluding hydrogens is 444 g/mol. The molecule has 0 spiro atoms. The van der Waals surface area contributed by atoms with Crippen LogP contribution in [-0.2, 0) is 12.8 Å². The molecule has 33 heavy (non-hydrogen) atoms. The summed E-state index contributed by atoms with van der Waals surface area (Å²) >= 11 is 0. The lowest BCUT2D eigenvalue weighted by atomic mass is 9.98. The summed E-state index contributed by atoms with van der Waals surface area (Å²) < 4.78 is 21.4. The molecule has 7 nitrogen and oxygen atoms in total. The van der Waals surface area contributed by atoms with Gasteiger partial charge in [0.1, 0.15) is 0 Å². The lowest BCUT2D eigenvalue weighted by Crippen LogP contribution is -2.39. The lowest BCUT2D eigenvalue weighted by Gasteiger charge is -2.30.